The molecular weight excluding hydrogens is 655 g/mol. The van der Waals surface area contributed by atoms with Crippen molar-refractivity contribution in [3.05, 3.63) is 93.0 Å². The Bertz CT molecular complexity index is 1730. The Morgan fingerprint density at radius 1 is 0.646 bits per heavy atom. The lowest BCUT2D eigenvalue weighted by Crippen LogP contribution is -2.41. The molecule has 2 heterocycles. The Morgan fingerprint density at radius 2 is 1.06 bits per heavy atom. The highest BCUT2D eigenvalue weighted by Gasteiger charge is 2.33. The fourth-order valence-electron chi connectivity index (χ4n) is 5.17. The summed E-state index contributed by atoms with van der Waals surface area (Å²) in [5.41, 5.74) is 7.13. The Hall–Kier alpha value is -3.90. The van der Waals surface area contributed by atoms with Crippen LogP contribution in [0.15, 0.2) is 60.7 Å². The fraction of sp³-hybridized carbons (Fsp3) is 0.333. The molecule has 48 heavy (non-hydrogen) atoms. The van der Waals surface area contributed by atoms with Crippen molar-refractivity contribution in [2.24, 2.45) is 5.73 Å². The predicted molar refractivity (Wildman–Crippen MR) is 196 cm³/mol. The number of hydrogen-bond donors (Lipinski definition) is 1. The smallest absolute Gasteiger partial charge is 0.346 e. The van der Waals surface area contributed by atoms with E-state index in [1.807, 2.05) is 25.1 Å². The van der Waals surface area contributed by atoms with E-state index in [4.69, 9.17) is 28.9 Å². The second kappa shape index (κ2) is 18.6. The molecule has 2 aliphatic heterocycles. The topological polar surface area (TPSA) is 145 Å². The van der Waals surface area contributed by atoms with Crippen molar-refractivity contribution in [1.29, 1.82) is 0 Å². The summed E-state index contributed by atoms with van der Waals surface area (Å²) in [4.78, 5) is 53.8. The Kier molecular flexibility index (Phi) is 16.3. The van der Waals surface area contributed by atoms with Gasteiger partial charge in [-0.25, -0.2) is 9.59 Å². The molecule has 2 amide bonds. The first kappa shape index (κ1) is 42.1. The molecule has 6 rings (SSSR count). The van der Waals surface area contributed by atoms with E-state index < -0.39 is 11.9 Å². The third-order valence-electron chi connectivity index (χ3n) is 7.35. The number of benzene rings is 4. The maximum atomic E-state index is 12.6. The molecule has 0 radical (unpaired) electrons. The van der Waals surface area contributed by atoms with Crippen LogP contribution in [0, 0.1) is 0 Å². The summed E-state index contributed by atoms with van der Waals surface area (Å²) in [6.07, 6.45) is 1.86. The van der Waals surface area contributed by atoms with Gasteiger partial charge in [-0.3, -0.25) is 14.5 Å². The average Bonchev–Trinajstić information content (AvgIpc) is 3.01. The summed E-state index contributed by atoms with van der Waals surface area (Å²) < 4.78 is 4.62. The highest BCUT2D eigenvalue weighted by atomic mass is 35.5. The van der Waals surface area contributed by atoms with Crippen LogP contribution in [0.4, 0.5) is 0 Å². The maximum Gasteiger partial charge on any atom is 0.346 e. The Labute approximate surface area is 292 Å². The molecule has 10 nitrogen and oxygen atoms in total. The standard InChI is InChI=1S/C17H17ClN2O2.C12H5ClO3.C5H14N2.2CH4.H2O/c1-19(2)9-4-10-20-16(21)12-6-3-5-11-14(18)8-7-13(15(11)12)17(20)22;13-9-5-4-8-10-6(9)2-1-3-7(10)11(14)16-12(8)15;1-7(2)5-3-4-6;;;/h3,5-8H,4,9-10H2,1-2H3;1-5H;3-6H2,1-2H3;2*1H4;1H2. The number of carbonyl (C=O) groups is 4. The van der Waals surface area contributed by atoms with Crippen LogP contribution in [-0.2, 0) is 4.74 Å². The van der Waals surface area contributed by atoms with Crippen molar-refractivity contribution in [3.63, 3.8) is 0 Å². The van der Waals surface area contributed by atoms with Crippen LogP contribution in [0.1, 0.15) is 69.1 Å². The number of esters is 2. The minimum absolute atomic E-state index is 0. The Morgan fingerprint density at radius 3 is 1.54 bits per heavy atom. The minimum Gasteiger partial charge on any atom is -0.412 e. The highest BCUT2D eigenvalue weighted by Crippen LogP contribution is 2.35. The van der Waals surface area contributed by atoms with Gasteiger partial charge in [0.25, 0.3) is 11.8 Å². The van der Waals surface area contributed by atoms with Crippen LogP contribution in [-0.4, -0.2) is 98.3 Å². The molecule has 2 aliphatic rings. The summed E-state index contributed by atoms with van der Waals surface area (Å²) in [6, 6.07) is 17.1. The zero-order valence-corrected chi connectivity index (χ0v) is 27.7. The number of cyclic esters (lactones) is 2. The van der Waals surface area contributed by atoms with Gasteiger partial charge in [-0.1, -0.05) is 62.3 Å². The van der Waals surface area contributed by atoms with Crippen LogP contribution in [0.3, 0.4) is 0 Å². The molecule has 0 saturated heterocycles. The number of rotatable bonds is 7. The number of nitrogens with zero attached hydrogens (tertiary/aromatic N) is 3. The molecule has 0 spiro atoms. The normalized spacial score (nSPS) is 12.7. The zero-order chi connectivity index (χ0) is 32.8. The number of amides is 2. The minimum atomic E-state index is -0.620. The summed E-state index contributed by atoms with van der Waals surface area (Å²) in [5, 5.41) is 3.78. The first-order valence-corrected chi connectivity index (χ1v) is 15.3. The summed E-state index contributed by atoms with van der Waals surface area (Å²) in [5.74, 6) is -1.70. The lowest BCUT2D eigenvalue weighted by Gasteiger charge is -2.27. The van der Waals surface area contributed by atoms with Crippen molar-refractivity contribution in [1.82, 2.24) is 14.7 Å². The van der Waals surface area contributed by atoms with E-state index in [1.54, 1.807) is 54.6 Å². The first-order valence-electron chi connectivity index (χ1n) is 14.5. The molecule has 0 bridgehead atoms. The number of ether oxygens (including phenoxy) is 1. The van der Waals surface area contributed by atoms with Gasteiger partial charge in [-0.05, 0) is 97.1 Å². The van der Waals surface area contributed by atoms with Crippen molar-refractivity contribution in [2.75, 3.05) is 54.4 Å². The number of imide groups is 1. The quantitative estimate of drug-likeness (QED) is 0.137. The number of carbonyl (C=O) groups excluding carboxylic acids is 4. The van der Waals surface area contributed by atoms with Crippen LogP contribution in [0.2, 0.25) is 10.0 Å². The van der Waals surface area contributed by atoms with Gasteiger partial charge < -0.3 is 25.7 Å². The molecule has 4 aromatic carbocycles. The second-order valence-electron chi connectivity index (χ2n) is 11.2. The van der Waals surface area contributed by atoms with Crippen molar-refractivity contribution < 1.29 is 29.4 Å². The highest BCUT2D eigenvalue weighted by molar-refractivity contribution is 6.38. The summed E-state index contributed by atoms with van der Waals surface area (Å²) >= 11 is 12.2. The van der Waals surface area contributed by atoms with Gasteiger partial charge in [0.15, 0.2) is 0 Å². The van der Waals surface area contributed by atoms with E-state index in [9.17, 15) is 19.2 Å². The first-order chi connectivity index (χ1) is 21.5. The molecular formula is C36H46Cl2N4O6. The lowest BCUT2D eigenvalue weighted by atomic mass is 9.94. The van der Waals surface area contributed by atoms with E-state index >= 15 is 0 Å². The number of hydrogen-bond acceptors (Lipinski definition) is 8. The SMILES string of the molecule is C.C.CN(C)CCCN.CN(C)CCCN1C(=O)c2cccc3c(Cl)ccc(c23)C1=O.O.O=C1OC(=O)c2ccc(Cl)c3cccc1c23. The van der Waals surface area contributed by atoms with Gasteiger partial charge in [-0.2, -0.15) is 0 Å². The number of halogens is 2. The molecule has 4 aromatic rings. The van der Waals surface area contributed by atoms with E-state index in [1.165, 1.54) is 4.90 Å². The van der Waals surface area contributed by atoms with Gasteiger partial charge in [0, 0.05) is 49.3 Å². The van der Waals surface area contributed by atoms with E-state index in [0.29, 0.717) is 55.0 Å². The molecule has 4 N–H and O–H groups in total. The molecule has 0 atom stereocenters. The van der Waals surface area contributed by atoms with Gasteiger partial charge >= 0.3 is 11.9 Å². The monoisotopic (exact) mass is 700 g/mol. The van der Waals surface area contributed by atoms with E-state index in [0.717, 1.165) is 37.9 Å². The third kappa shape index (κ3) is 9.16. The zero-order valence-electron chi connectivity index (χ0n) is 26.2. The van der Waals surface area contributed by atoms with Crippen LogP contribution >= 0.6 is 23.2 Å². The van der Waals surface area contributed by atoms with Gasteiger partial charge in [0.1, 0.15) is 0 Å². The molecule has 0 unspecified atom stereocenters. The average molecular weight is 702 g/mol. The molecule has 0 saturated carbocycles. The van der Waals surface area contributed by atoms with E-state index in [-0.39, 0.29) is 32.1 Å². The molecule has 260 valence electrons. The van der Waals surface area contributed by atoms with Crippen LogP contribution in [0.5, 0.6) is 0 Å². The summed E-state index contributed by atoms with van der Waals surface area (Å²) in [7, 11) is 8.04. The van der Waals surface area contributed by atoms with Gasteiger partial charge in [0.2, 0.25) is 0 Å². The van der Waals surface area contributed by atoms with Crippen molar-refractivity contribution >= 4 is 68.5 Å². The molecule has 0 aliphatic carbocycles. The fourth-order valence-corrected chi connectivity index (χ4v) is 5.61. The van der Waals surface area contributed by atoms with E-state index in [2.05, 4.69) is 23.7 Å². The largest absolute Gasteiger partial charge is 0.412 e. The maximum absolute atomic E-state index is 12.6. The van der Waals surface area contributed by atoms with Gasteiger partial charge in [0.05, 0.1) is 11.1 Å². The van der Waals surface area contributed by atoms with Crippen LogP contribution in [0.25, 0.3) is 21.5 Å². The van der Waals surface area contributed by atoms with Gasteiger partial charge in [-0.15, -0.1) is 0 Å². The summed E-state index contributed by atoms with van der Waals surface area (Å²) in [6.45, 7) is 3.16. The second-order valence-corrected chi connectivity index (χ2v) is 12.0. The Balaban J connectivity index is 0.000000392. The lowest BCUT2D eigenvalue weighted by molar-refractivity contribution is 0.0390. The van der Waals surface area contributed by atoms with Crippen LogP contribution < -0.4 is 5.73 Å². The molecule has 12 heteroatoms. The molecule has 0 aromatic heterocycles. The third-order valence-corrected chi connectivity index (χ3v) is 8.01. The molecule has 0 fully saturated rings. The van der Waals surface area contributed by atoms with Crippen molar-refractivity contribution in [2.45, 2.75) is 27.7 Å². The predicted octanol–water partition coefficient (Wildman–Crippen LogP) is 6.19. The van der Waals surface area contributed by atoms with Crippen molar-refractivity contribution in [3.8, 4) is 0 Å². The number of nitrogens with two attached hydrogens (primary N) is 1.